The number of aromatic nitrogens is 2. The van der Waals surface area contributed by atoms with E-state index in [-0.39, 0.29) is 16.7 Å². The van der Waals surface area contributed by atoms with Gasteiger partial charge in [0.15, 0.2) is 0 Å². The lowest BCUT2D eigenvalue weighted by atomic mass is 10.0. The van der Waals surface area contributed by atoms with Crippen LogP contribution in [-0.2, 0) is 21.4 Å². The number of benzene rings is 2. The number of amides is 2. The van der Waals surface area contributed by atoms with Gasteiger partial charge in [-0.25, -0.2) is 13.4 Å². The second kappa shape index (κ2) is 10.4. The zero-order valence-electron chi connectivity index (χ0n) is 20.8. The summed E-state index contributed by atoms with van der Waals surface area (Å²) in [6.07, 6.45) is 1.55. The molecule has 4 heterocycles. The van der Waals surface area contributed by atoms with Gasteiger partial charge in [0.2, 0.25) is 21.9 Å². The van der Waals surface area contributed by atoms with Crippen LogP contribution in [0.5, 0.6) is 5.88 Å². The maximum absolute atomic E-state index is 13.1. The summed E-state index contributed by atoms with van der Waals surface area (Å²) in [5.74, 6) is 0.588. The molecule has 1 N–H and O–H groups in total. The normalized spacial score (nSPS) is 22.4. The molecule has 39 heavy (non-hydrogen) atoms. The summed E-state index contributed by atoms with van der Waals surface area (Å²) >= 11 is 0.821. The van der Waals surface area contributed by atoms with Gasteiger partial charge in [-0.1, -0.05) is 48.5 Å². The number of rotatable bonds is 7. The Morgan fingerprint density at radius 2 is 1.62 bits per heavy atom. The van der Waals surface area contributed by atoms with Crippen LogP contribution in [0, 0.1) is 11.8 Å². The monoisotopic (exact) mass is 563 g/mol. The van der Waals surface area contributed by atoms with Gasteiger partial charge in [-0.3, -0.25) is 14.9 Å². The number of ether oxygens (including phenoxy) is 1. The lowest BCUT2D eigenvalue weighted by Gasteiger charge is -2.22. The quantitative estimate of drug-likeness (QED) is 0.432. The number of nitrogens with one attached hydrogen (secondary N) is 1. The van der Waals surface area contributed by atoms with Crippen molar-refractivity contribution < 1.29 is 22.7 Å². The summed E-state index contributed by atoms with van der Waals surface area (Å²) in [7, 11) is -3.55. The number of carbonyl (C=O) groups excluding carboxylic acids is 2. The van der Waals surface area contributed by atoms with Crippen LogP contribution < -0.4 is 15.0 Å². The van der Waals surface area contributed by atoms with Crippen LogP contribution in [0.4, 0.5) is 10.7 Å². The maximum Gasteiger partial charge on any atom is 0.290 e. The van der Waals surface area contributed by atoms with E-state index in [2.05, 4.69) is 15.3 Å². The number of sulfonamides is 1. The molecule has 2 aromatic carbocycles. The summed E-state index contributed by atoms with van der Waals surface area (Å²) in [6.45, 7) is 2.35. The molecule has 3 saturated heterocycles. The average Bonchev–Trinajstić information content (AvgIpc) is 3.62. The van der Waals surface area contributed by atoms with Gasteiger partial charge in [0.1, 0.15) is 6.61 Å². The summed E-state index contributed by atoms with van der Waals surface area (Å²) in [4.78, 5) is 35.6. The lowest BCUT2D eigenvalue weighted by molar-refractivity contribution is -0.115. The SMILES string of the molecule is O=C1NC(=O)/C(=C\c2cc(OCc3ccccc3)nc(N3CC4CN(S(=O)(=O)c5ccccc5)CC4C3)n2)S1. The first-order valence-electron chi connectivity index (χ1n) is 12.5. The average molecular weight is 564 g/mol. The second-order valence-corrected chi connectivity index (χ2v) is 12.6. The standard InChI is InChI=1S/C27H25N5O5S2/c33-25-23(38-27(34)30-25)11-21-12-24(37-17-18-7-3-1-4-8-18)29-26(28-21)31-13-19-15-32(16-20(19)14-31)39(35,36)22-9-5-2-6-10-22/h1-12,19-20H,13-17H2,(H,30,33,34)/b23-11+. The number of thioether (sulfide) groups is 1. The molecule has 0 saturated carbocycles. The molecule has 3 aliphatic heterocycles. The van der Waals surface area contributed by atoms with Crippen molar-refractivity contribution in [3.8, 4) is 5.88 Å². The van der Waals surface area contributed by atoms with Crippen molar-refractivity contribution in [3.63, 3.8) is 0 Å². The molecular formula is C27H25N5O5S2. The molecule has 10 nitrogen and oxygen atoms in total. The molecule has 12 heteroatoms. The van der Waals surface area contributed by atoms with E-state index in [0.29, 0.717) is 55.2 Å². The Kier molecular flexibility index (Phi) is 6.83. The number of carbonyl (C=O) groups is 2. The third-order valence-electron chi connectivity index (χ3n) is 6.98. The largest absolute Gasteiger partial charge is 0.473 e. The second-order valence-electron chi connectivity index (χ2n) is 9.62. The van der Waals surface area contributed by atoms with E-state index in [0.717, 1.165) is 17.3 Å². The number of anilines is 1. The van der Waals surface area contributed by atoms with Crippen LogP contribution in [0.15, 0.2) is 76.5 Å². The fourth-order valence-corrected chi connectivity index (χ4v) is 7.30. The molecule has 2 amide bonds. The van der Waals surface area contributed by atoms with Gasteiger partial charge in [-0.15, -0.1) is 0 Å². The minimum absolute atomic E-state index is 0.136. The zero-order valence-corrected chi connectivity index (χ0v) is 22.4. The highest BCUT2D eigenvalue weighted by Gasteiger charge is 2.45. The molecule has 0 radical (unpaired) electrons. The number of hydrogen-bond acceptors (Lipinski definition) is 9. The summed E-state index contributed by atoms with van der Waals surface area (Å²) < 4.78 is 33.8. The van der Waals surface area contributed by atoms with E-state index in [4.69, 9.17) is 4.74 Å². The Morgan fingerprint density at radius 3 is 2.26 bits per heavy atom. The van der Waals surface area contributed by atoms with Crippen molar-refractivity contribution in [2.75, 3.05) is 31.1 Å². The minimum atomic E-state index is -3.55. The molecule has 3 fully saturated rings. The highest BCUT2D eigenvalue weighted by molar-refractivity contribution is 8.18. The molecule has 1 aromatic heterocycles. The van der Waals surface area contributed by atoms with Gasteiger partial charge in [-0.05, 0) is 47.4 Å². The zero-order chi connectivity index (χ0) is 27.0. The van der Waals surface area contributed by atoms with Crippen molar-refractivity contribution >= 4 is 45.0 Å². The minimum Gasteiger partial charge on any atom is -0.473 e. The number of fused-ring (bicyclic) bond motifs is 1. The fraction of sp³-hybridized carbons (Fsp3) is 0.259. The van der Waals surface area contributed by atoms with Crippen molar-refractivity contribution in [2.24, 2.45) is 11.8 Å². The Morgan fingerprint density at radius 1 is 0.949 bits per heavy atom. The van der Waals surface area contributed by atoms with Crippen molar-refractivity contribution in [1.82, 2.24) is 19.6 Å². The fourth-order valence-electron chi connectivity index (χ4n) is 5.06. The van der Waals surface area contributed by atoms with E-state index in [1.807, 2.05) is 35.2 Å². The first kappa shape index (κ1) is 25.5. The van der Waals surface area contributed by atoms with Gasteiger partial charge < -0.3 is 9.64 Å². The highest BCUT2D eigenvalue weighted by atomic mass is 32.2. The molecule has 2 unspecified atom stereocenters. The molecule has 0 bridgehead atoms. The number of nitrogens with zero attached hydrogens (tertiary/aromatic N) is 4. The summed E-state index contributed by atoms with van der Waals surface area (Å²) in [5.41, 5.74) is 1.42. The van der Waals surface area contributed by atoms with Crippen molar-refractivity contribution in [3.05, 3.63) is 82.9 Å². The summed E-state index contributed by atoms with van der Waals surface area (Å²) in [6, 6.07) is 19.8. The van der Waals surface area contributed by atoms with E-state index in [1.54, 1.807) is 46.8 Å². The highest BCUT2D eigenvalue weighted by Crippen LogP contribution is 2.36. The van der Waals surface area contributed by atoms with Gasteiger partial charge >= 0.3 is 0 Å². The van der Waals surface area contributed by atoms with E-state index < -0.39 is 21.2 Å². The number of hydrogen-bond donors (Lipinski definition) is 1. The Hall–Kier alpha value is -3.74. The van der Waals surface area contributed by atoms with E-state index in [9.17, 15) is 18.0 Å². The van der Waals surface area contributed by atoms with Gasteiger partial charge in [0.25, 0.3) is 11.1 Å². The first-order chi connectivity index (χ1) is 18.8. The Labute approximate surface area is 230 Å². The van der Waals surface area contributed by atoms with Crippen molar-refractivity contribution in [1.29, 1.82) is 0 Å². The van der Waals surface area contributed by atoms with Gasteiger partial charge in [0, 0.05) is 32.2 Å². The molecule has 6 rings (SSSR count). The molecular weight excluding hydrogens is 538 g/mol. The van der Waals surface area contributed by atoms with E-state index in [1.165, 1.54) is 0 Å². The number of imide groups is 1. The summed E-state index contributed by atoms with van der Waals surface area (Å²) in [5, 5.41) is 1.82. The first-order valence-corrected chi connectivity index (χ1v) is 14.7. The van der Waals surface area contributed by atoms with Crippen LogP contribution in [0.1, 0.15) is 11.3 Å². The van der Waals surface area contributed by atoms with Crippen LogP contribution in [-0.4, -0.2) is 60.0 Å². The van der Waals surface area contributed by atoms with Crippen LogP contribution in [0.2, 0.25) is 0 Å². The predicted molar refractivity (Wildman–Crippen MR) is 146 cm³/mol. The molecule has 3 aromatic rings. The molecule has 0 spiro atoms. The molecule has 3 aliphatic rings. The Balaban J connectivity index is 1.22. The van der Waals surface area contributed by atoms with Crippen LogP contribution in [0.3, 0.4) is 0 Å². The Bertz CT molecular complexity index is 1540. The molecule has 200 valence electrons. The van der Waals surface area contributed by atoms with E-state index >= 15 is 0 Å². The van der Waals surface area contributed by atoms with Crippen molar-refractivity contribution in [2.45, 2.75) is 11.5 Å². The topological polar surface area (TPSA) is 122 Å². The van der Waals surface area contributed by atoms with Crippen LogP contribution >= 0.6 is 11.8 Å². The maximum atomic E-state index is 13.1. The lowest BCUT2D eigenvalue weighted by Crippen LogP contribution is -2.33. The van der Waals surface area contributed by atoms with Crippen LogP contribution in [0.25, 0.3) is 6.08 Å². The van der Waals surface area contributed by atoms with Gasteiger partial charge in [0.05, 0.1) is 15.5 Å². The molecule has 2 atom stereocenters. The molecule has 0 aliphatic carbocycles. The third kappa shape index (κ3) is 5.40. The smallest absolute Gasteiger partial charge is 0.290 e. The predicted octanol–water partition coefficient (Wildman–Crippen LogP) is 3.14. The van der Waals surface area contributed by atoms with Gasteiger partial charge in [-0.2, -0.15) is 9.29 Å². The third-order valence-corrected chi connectivity index (χ3v) is 9.63.